The second kappa shape index (κ2) is 5.62. The van der Waals surface area contributed by atoms with E-state index in [4.69, 9.17) is 4.74 Å². The second-order valence-electron chi connectivity index (χ2n) is 4.97. The molecular formula is C13H18N2O3. The average molecular weight is 250 g/mol. The topological polar surface area (TPSA) is 68.3 Å². The third-order valence-corrected chi connectivity index (χ3v) is 2.03. The SMILES string of the molecule is Cc1ccc(C(=O)CNC(=O)OC(C)(C)C)cn1. The van der Waals surface area contributed by atoms with Crippen molar-refractivity contribution in [3.05, 3.63) is 29.6 Å². The predicted molar refractivity (Wildman–Crippen MR) is 67.5 cm³/mol. The summed E-state index contributed by atoms with van der Waals surface area (Å²) in [5, 5.41) is 2.41. The quantitative estimate of drug-likeness (QED) is 0.834. The Bertz CT molecular complexity index is 433. The molecule has 0 aliphatic rings. The van der Waals surface area contributed by atoms with Crippen molar-refractivity contribution in [2.24, 2.45) is 0 Å². The Kier molecular flexibility index (Phi) is 4.42. The monoisotopic (exact) mass is 250 g/mol. The molecule has 0 unspecified atom stereocenters. The maximum absolute atomic E-state index is 11.7. The molecule has 0 saturated carbocycles. The molecular weight excluding hydrogens is 232 g/mol. The Morgan fingerprint density at radius 2 is 2.00 bits per heavy atom. The van der Waals surface area contributed by atoms with E-state index >= 15 is 0 Å². The zero-order chi connectivity index (χ0) is 13.8. The van der Waals surface area contributed by atoms with Gasteiger partial charge in [0, 0.05) is 17.5 Å². The summed E-state index contributed by atoms with van der Waals surface area (Å²) in [5.41, 5.74) is 0.738. The predicted octanol–water partition coefficient (Wildman–Crippen LogP) is 2.10. The van der Waals surface area contributed by atoms with E-state index in [-0.39, 0.29) is 12.3 Å². The molecule has 1 rings (SSSR count). The Hall–Kier alpha value is -1.91. The van der Waals surface area contributed by atoms with Crippen LogP contribution in [-0.2, 0) is 4.74 Å². The second-order valence-corrected chi connectivity index (χ2v) is 4.97. The van der Waals surface area contributed by atoms with Crippen LogP contribution in [0, 0.1) is 6.92 Å². The minimum absolute atomic E-state index is 0.0976. The van der Waals surface area contributed by atoms with Gasteiger partial charge in [0.05, 0.1) is 6.54 Å². The lowest BCUT2D eigenvalue weighted by atomic mass is 10.2. The summed E-state index contributed by atoms with van der Waals surface area (Å²) >= 11 is 0. The van der Waals surface area contributed by atoms with Crippen LogP contribution in [0.1, 0.15) is 36.8 Å². The summed E-state index contributed by atoms with van der Waals surface area (Å²) < 4.78 is 5.03. The normalized spacial score (nSPS) is 10.9. The fourth-order valence-electron chi connectivity index (χ4n) is 1.20. The van der Waals surface area contributed by atoms with Crippen molar-refractivity contribution in [3.63, 3.8) is 0 Å². The number of amides is 1. The van der Waals surface area contributed by atoms with E-state index in [1.165, 1.54) is 6.20 Å². The highest BCUT2D eigenvalue weighted by Crippen LogP contribution is 2.06. The number of aryl methyl sites for hydroxylation is 1. The van der Waals surface area contributed by atoms with E-state index in [2.05, 4.69) is 10.3 Å². The number of hydrogen-bond donors (Lipinski definition) is 1. The van der Waals surface area contributed by atoms with Gasteiger partial charge in [-0.2, -0.15) is 0 Å². The summed E-state index contributed by atoms with van der Waals surface area (Å²) in [5.74, 6) is -0.201. The van der Waals surface area contributed by atoms with Crippen LogP contribution in [0.5, 0.6) is 0 Å². The molecule has 1 N–H and O–H groups in total. The van der Waals surface area contributed by atoms with Gasteiger partial charge in [-0.25, -0.2) is 4.79 Å². The number of nitrogens with one attached hydrogen (secondary N) is 1. The molecule has 18 heavy (non-hydrogen) atoms. The van der Waals surface area contributed by atoms with Crippen molar-refractivity contribution in [3.8, 4) is 0 Å². The molecule has 1 aromatic rings. The number of hydrogen-bond acceptors (Lipinski definition) is 4. The third-order valence-electron chi connectivity index (χ3n) is 2.03. The molecule has 0 fully saturated rings. The van der Waals surface area contributed by atoms with E-state index in [9.17, 15) is 9.59 Å². The van der Waals surface area contributed by atoms with Crippen LogP contribution in [0.3, 0.4) is 0 Å². The summed E-state index contributed by atoms with van der Waals surface area (Å²) in [6.07, 6.45) is 0.893. The minimum atomic E-state index is -0.601. The Labute approximate surface area is 107 Å². The van der Waals surface area contributed by atoms with Crippen LogP contribution < -0.4 is 5.32 Å². The molecule has 0 spiro atoms. The Morgan fingerprint density at radius 1 is 1.33 bits per heavy atom. The Morgan fingerprint density at radius 3 is 2.50 bits per heavy atom. The molecule has 1 aromatic heterocycles. The lowest BCUT2D eigenvalue weighted by Gasteiger charge is -2.19. The molecule has 5 heteroatoms. The first-order valence-electron chi connectivity index (χ1n) is 5.70. The molecule has 0 bridgehead atoms. The van der Waals surface area contributed by atoms with Gasteiger partial charge in [0.1, 0.15) is 5.60 Å². The van der Waals surface area contributed by atoms with Crippen LogP contribution in [-0.4, -0.2) is 29.0 Å². The van der Waals surface area contributed by atoms with Crippen LogP contribution in [0.25, 0.3) is 0 Å². The first-order valence-corrected chi connectivity index (χ1v) is 5.70. The highest BCUT2D eigenvalue weighted by Gasteiger charge is 2.16. The summed E-state index contributed by atoms with van der Waals surface area (Å²) in [6.45, 7) is 7.03. The summed E-state index contributed by atoms with van der Waals surface area (Å²) in [6, 6.07) is 3.43. The van der Waals surface area contributed by atoms with Gasteiger partial charge in [0.25, 0.3) is 0 Å². The van der Waals surface area contributed by atoms with E-state index < -0.39 is 11.7 Å². The molecule has 0 aromatic carbocycles. The van der Waals surface area contributed by atoms with Crippen LogP contribution in [0.4, 0.5) is 4.79 Å². The molecule has 0 radical (unpaired) electrons. The number of pyridine rings is 1. The maximum Gasteiger partial charge on any atom is 0.408 e. The van der Waals surface area contributed by atoms with E-state index in [0.717, 1.165) is 5.69 Å². The highest BCUT2D eigenvalue weighted by atomic mass is 16.6. The number of rotatable bonds is 3. The number of ketones is 1. The fraction of sp³-hybridized carbons (Fsp3) is 0.462. The molecule has 0 saturated heterocycles. The lowest BCUT2D eigenvalue weighted by molar-refractivity contribution is 0.0520. The van der Waals surface area contributed by atoms with E-state index in [0.29, 0.717) is 5.56 Å². The number of carbonyl (C=O) groups excluding carboxylic acids is 2. The molecule has 1 heterocycles. The van der Waals surface area contributed by atoms with E-state index in [1.807, 2.05) is 6.92 Å². The number of carbonyl (C=O) groups is 2. The van der Waals surface area contributed by atoms with Crippen molar-refractivity contribution in [2.45, 2.75) is 33.3 Å². The molecule has 0 aliphatic carbocycles. The standard InChI is InChI=1S/C13H18N2O3/c1-9-5-6-10(7-14-9)11(16)8-15-12(17)18-13(2,3)4/h5-7H,8H2,1-4H3,(H,15,17). The number of ether oxygens (including phenoxy) is 1. The smallest absolute Gasteiger partial charge is 0.408 e. The van der Waals surface area contributed by atoms with Crippen molar-refractivity contribution in [1.29, 1.82) is 0 Å². The van der Waals surface area contributed by atoms with Gasteiger partial charge in [-0.3, -0.25) is 9.78 Å². The number of aromatic nitrogens is 1. The number of nitrogens with zero attached hydrogens (tertiary/aromatic N) is 1. The molecule has 5 nitrogen and oxygen atoms in total. The molecule has 1 amide bonds. The van der Waals surface area contributed by atoms with Gasteiger partial charge in [-0.1, -0.05) is 0 Å². The first kappa shape index (κ1) is 14.2. The van der Waals surface area contributed by atoms with Crippen LogP contribution >= 0.6 is 0 Å². The summed E-state index contributed by atoms with van der Waals surface area (Å²) in [4.78, 5) is 27.1. The average Bonchev–Trinajstić information content (AvgIpc) is 2.24. The van der Waals surface area contributed by atoms with Gasteiger partial charge in [0.15, 0.2) is 5.78 Å². The minimum Gasteiger partial charge on any atom is -0.444 e. The fourth-order valence-corrected chi connectivity index (χ4v) is 1.20. The zero-order valence-corrected chi connectivity index (χ0v) is 11.1. The summed E-state index contributed by atoms with van der Waals surface area (Å²) in [7, 11) is 0. The van der Waals surface area contributed by atoms with Gasteiger partial charge in [-0.15, -0.1) is 0 Å². The first-order chi connectivity index (χ1) is 8.28. The Balaban J connectivity index is 2.47. The lowest BCUT2D eigenvalue weighted by Crippen LogP contribution is -2.35. The highest BCUT2D eigenvalue weighted by molar-refractivity contribution is 5.98. The van der Waals surface area contributed by atoms with Crippen molar-refractivity contribution in [1.82, 2.24) is 10.3 Å². The number of Topliss-reactive ketones (excluding diaryl/α,β-unsaturated/α-hetero) is 1. The van der Waals surface area contributed by atoms with Gasteiger partial charge >= 0.3 is 6.09 Å². The molecule has 0 aliphatic heterocycles. The molecule has 98 valence electrons. The van der Waals surface area contributed by atoms with Crippen molar-refractivity contribution < 1.29 is 14.3 Å². The van der Waals surface area contributed by atoms with Crippen LogP contribution in [0.2, 0.25) is 0 Å². The van der Waals surface area contributed by atoms with Gasteiger partial charge in [-0.05, 0) is 39.8 Å². The molecule has 0 atom stereocenters. The van der Waals surface area contributed by atoms with Crippen molar-refractivity contribution in [2.75, 3.05) is 6.54 Å². The van der Waals surface area contributed by atoms with E-state index in [1.54, 1.807) is 32.9 Å². The largest absolute Gasteiger partial charge is 0.444 e. The van der Waals surface area contributed by atoms with Gasteiger partial charge in [0.2, 0.25) is 0 Å². The van der Waals surface area contributed by atoms with Gasteiger partial charge < -0.3 is 10.1 Å². The third kappa shape index (κ3) is 4.95. The zero-order valence-electron chi connectivity index (χ0n) is 11.1. The maximum atomic E-state index is 11.7. The number of alkyl carbamates (subject to hydrolysis) is 1. The van der Waals surface area contributed by atoms with Crippen LogP contribution in [0.15, 0.2) is 18.3 Å². The van der Waals surface area contributed by atoms with Crippen molar-refractivity contribution >= 4 is 11.9 Å².